The van der Waals surface area contributed by atoms with Crippen molar-refractivity contribution < 1.29 is 9.47 Å². The predicted octanol–water partition coefficient (Wildman–Crippen LogP) is 8.49. The SMILES string of the molecule is CCCCCCCCC(CC(C)C)C(CC(C)C)(OCC(C)C)OCC(C)C. The molecule has 1 unspecified atom stereocenters. The van der Waals surface area contributed by atoms with Gasteiger partial charge >= 0.3 is 0 Å². The third-order valence-corrected chi connectivity index (χ3v) is 5.30. The fraction of sp³-hybridized carbons (Fsp3) is 1.00. The van der Waals surface area contributed by atoms with E-state index in [0.29, 0.717) is 29.6 Å². The standard InChI is InChI=1S/C26H54O2/c1-10-11-12-13-14-15-16-25(17-21(2)3)26(18-22(4)5,27-19-23(6)7)28-20-24(8)9/h21-25H,10-20H2,1-9H3. The Morgan fingerprint density at radius 3 is 1.54 bits per heavy atom. The van der Waals surface area contributed by atoms with Gasteiger partial charge < -0.3 is 9.47 Å². The van der Waals surface area contributed by atoms with Gasteiger partial charge in [0.05, 0.1) is 13.2 Å². The van der Waals surface area contributed by atoms with E-state index >= 15 is 0 Å². The molecule has 0 rings (SSSR count). The summed E-state index contributed by atoms with van der Waals surface area (Å²) >= 11 is 0. The molecule has 0 spiro atoms. The Hall–Kier alpha value is -0.0800. The van der Waals surface area contributed by atoms with Crippen molar-refractivity contribution in [3.63, 3.8) is 0 Å². The molecule has 0 bridgehead atoms. The van der Waals surface area contributed by atoms with Crippen molar-refractivity contribution in [2.24, 2.45) is 29.6 Å². The molecule has 0 saturated carbocycles. The van der Waals surface area contributed by atoms with Gasteiger partial charge in [0.1, 0.15) is 0 Å². The lowest BCUT2D eigenvalue weighted by molar-refractivity contribution is -0.286. The Labute approximate surface area is 178 Å². The summed E-state index contributed by atoms with van der Waals surface area (Å²) in [6, 6.07) is 0. The second kappa shape index (κ2) is 15.7. The van der Waals surface area contributed by atoms with Gasteiger partial charge in [-0.3, -0.25) is 0 Å². The van der Waals surface area contributed by atoms with Crippen molar-refractivity contribution in [1.82, 2.24) is 0 Å². The van der Waals surface area contributed by atoms with E-state index in [1.807, 2.05) is 0 Å². The lowest BCUT2D eigenvalue weighted by Gasteiger charge is -2.43. The predicted molar refractivity (Wildman–Crippen MR) is 125 cm³/mol. The van der Waals surface area contributed by atoms with Gasteiger partial charge in [-0.15, -0.1) is 0 Å². The van der Waals surface area contributed by atoms with Gasteiger partial charge in [0, 0.05) is 12.3 Å². The number of hydrogen-bond donors (Lipinski definition) is 0. The van der Waals surface area contributed by atoms with E-state index in [0.717, 1.165) is 19.6 Å². The van der Waals surface area contributed by atoms with Gasteiger partial charge in [0.15, 0.2) is 5.79 Å². The minimum atomic E-state index is -0.420. The van der Waals surface area contributed by atoms with E-state index in [-0.39, 0.29) is 0 Å². The van der Waals surface area contributed by atoms with Gasteiger partial charge in [-0.2, -0.15) is 0 Å². The molecule has 1 atom stereocenters. The van der Waals surface area contributed by atoms with Crippen LogP contribution in [0.25, 0.3) is 0 Å². The number of rotatable bonds is 18. The highest BCUT2D eigenvalue weighted by Crippen LogP contribution is 2.39. The molecule has 0 aliphatic carbocycles. The Bertz CT molecular complexity index is 334. The monoisotopic (exact) mass is 398 g/mol. The van der Waals surface area contributed by atoms with Crippen molar-refractivity contribution in [3.05, 3.63) is 0 Å². The molecule has 0 amide bonds. The topological polar surface area (TPSA) is 18.5 Å². The van der Waals surface area contributed by atoms with Crippen molar-refractivity contribution >= 4 is 0 Å². The van der Waals surface area contributed by atoms with E-state index in [1.54, 1.807) is 0 Å². The lowest BCUT2D eigenvalue weighted by atomic mass is 9.81. The first-order chi connectivity index (χ1) is 13.1. The average molecular weight is 399 g/mol. The molecule has 0 heterocycles. The van der Waals surface area contributed by atoms with Crippen LogP contribution in [0, 0.1) is 29.6 Å². The molecule has 0 aliphatic rings. The maximum absolute atomic E-state index is 6.69. The van der Waals surface area contributed by atoms with Crippen LogP contribution in [0.2, 0.25) is 0 Å². The molecule has 28 heavy (non-hydrogen) atoms. The van der Waals surface area contributed by atoms with Gasteiger partial charge in [-0.1, -0.05) is 101 Å². The summed E-state index contributed by atoms with van der Waals surface area (Å²) in [5, 5.41) is 0. The molecule has 0 aliphatic heterocycles. The fourth-order valence-corrected chi connectivity index (χ4v) is 4.00. The van der Waals surface area contributed by atoms with Crippen LogP contribution in [0.1, 0.15) is 120 Å². The number of unbranched alkanes of at least 4 members (excludes halogenated alkanes) is 5. The molecular formula is C26H54O2. The van der Waals surface area contributed by atoms with E-state index in [2.05, 4.69) is 62.3 Å². The summed E-state index contributed by atoms with van der Waals surface area (Å²) in [6.07, 6.45) is 11.5. The largest absolute Gasteiger partial charge is 0.349 e. The molecular weight excluding hydrogens is 344 g/mol. The van der Waals surface area contributed by atoms with E-state index in [1.165, 1.54) is 51.4 Å². The minimum absolute atomic E-state index is 0.420. The van der Waals surface area contributed by atoms with Gasteiger partial charge in [0.25, 0.3) is 0 Å². The minimum Gasteiger partial charge on any atom is -0.349 e. The second-order valence-corrected chi connectivity index (χ2v) is 10.7. The smallest absolute Gasteiger partial charge is 0.171 e. The first-order valence-electron chi connectivity index (χ1n) is 12.4. The van der Waals surface area contributed by atoms with Crippen LogP contribution < -0.4 is 0 Å². The molecule has 0 N–H and O–H groups in total. The van der Waals surface area contributed by atoms with Gasteiger partial charge in [-0.25, -0.2) is 0 Å². The van der Waals surface area contributed by atoms with E-state index < -0.39 is 5.79 Å². The molecule has 0 aromatic carbocycles. The number of ether oxygens (including phenoxy) is 2. The maximum atomic E-state index is 6.69. The Morgan fingerprint density at radius 1 is 0.607 bits per heavy atom. The second-order valence-electron chi connectivity index (χ2n) is 10.7. The zero-order valence-electron chi connectivity index (χ0n) is 21.0. The Balaban J connectivity index is 5.35. The zero-order valence-corrected chi connectivity index (χ0v) is 21.0. The first kappa shape index (κ1) is 27.9. The van der Waals surface area contributed by atoms with Crippen LogP contribution >= 0.6 is 0 Å². The van der Waals surface area contributed by atoms with Crippen molar-refractivity contribution in [2.75, 3.05) is 13.2 Å². The summed E-state index contributed by atoms with van der Waals surface area (Å²) in [6.45, 7) is 22.2. The highest BCUT2D eigenvalue weighted by atomic mass is 16.7. The summed E-state index contributed by atoms with van der Waals surface area (Å²) in [4.78, 5) is 0. The average Bonchev–Trinajstić information content (AvgIpc) is 2.58. The quantitative estimate of drug-likeness (QED) is 0.170. The fourth-order valence-electron chi connectivity index (χ4n) is 4.00. The molecule has 0 radical (unpaired) electrons. The van der Waals surface area contributed by atoms with Crippen LogP contribution in [0.3, 0.4) is 0 Å². The normalized spacial score (nSPS) is 14.0. The molecule has 0 fully saturated rings. The summed E-state index contributed by atoms with van der Waals surface area (Å²) < 4.78 is 13.4. The van der Waals surface area contributed by atoms with Crippen molar-refractivity contribution in [1.29, 1.82) is 0 Å². The van der Waals surface area contributed by atoms with Gasteiger partial charge in [-0.05, 0) is 36.5 Å². The Kier molecular flexibility index (Phi) is 15.7. The highest BCUT2D eigenvalue weighted by molar-refractivity contribution is 4.83. The van der Waals surface area contributed by atoms with Crippen LogP contribution in [0.15, 0.2) is 0 Å². The third-order valence-electron chi connectivity index (χ3n) is 5.30. The van der Waals surface area contributed by atoms with E-state index in [9.17, 15) is 0 Å². The van der Waals surface area contributed by atoms with Crippen molar-refractivity contribution in [3.8, 4) is 0 Å². The maximum Gasteiger partial charge on any atom is 0.171 e. The van der Waals surface area contributed by atoms with Crippen LogP contribution in [-0.4, -0.2) is 19.0 Å². The molecule has 0 saturated heterocycles. The molecule has 0 aromatic heterocycles. The molecule has 2 heteroatoms. The Morgan fingerprint density at radius 2 is 1.11 bits per heavy atom. The van der Waals surface area contributed by atoms with Crippen LogP contribution in [0.5, 0.6) is 0 Å². The number of hydrogen-bond acceptors (Lipinski definition) is 2. The zero-order chi connectivity index (χ0) is 21.6. The molecule has 0 aromatic rings. The van der Waals surface area contributed by atoms with Crippen LogP contribution in [-0.2, 0) is 9.47 Å². The summed E-state index contributed by atoms with van der Waals surface area (Å²) in [7, 11) is 0. The van der Waals surface area contributed by atoms with Gasteiger partial charge in [0.2, 0.25) is 0 Å². The first-order valence-corrected chi connectivity index (χ1v) is 12.4. The summed E-state index contributed by atoms with van der Waals surface area (Å²) in [5.41, 5.74) is 0. The molecule has 170 valence electrons. The van der Waals surface area contributed by atoms with Crippen LogP contribution in [0.4, 0.5) is 0 Å². The highest BCUT2D eigenvalue weighted by Gasteiger charge is 2.41. The lowest BCUT2D eigenvalue weighted by Crippen LogP contribution is -2.47. The summed E-state index contributed by atoms with van der Waals surface area (Å²) in [5.74, 6) is 2.36. The third kappa shape index (κ3) is 13.2. The van der Waals surface area contributed by atoms with E-state index in [4.69, 9.17) is 9.47 Å². The van der Waals surface area contributed by atoms with Crippen molar-refractivity contribution in [2.45, 2.75) is 126 Å². The molecule has 2 nitrogen and oxygen atoms in total.